The van der Waals surface area contributed by atoms with Gasteiger partial charge in [0.15, 0.2) is 0 Å². The van der Waals surface area contributed by atoms with E-state index in [9.17, 15) is 4.79 Å². The number of esters is 1. The molecule has 0 amide bonds. The van der Waals surface area contributed by atoms with E-state index in [-0.39, 0.29) is 5.97 Å². The van der Waals surface area contributed by atoms with Crippen molar-refractivity contribution in [2.75, 3.05) is 7.11 Å². The molecule has 0 aliphatic carbocycles. The van der Waals surface area contributed by atoms with Crippen LogP contribution in [0.15, 0.2) is 54.4 Å². The van der Waals surface area contributed by atoms with Crippen molar-refractivity contribution in [3.05, 3.63) is 54.4 Å². The van der Waals surface area contributed by atoms with Crippen LogP contribution in [0.1, 0.15) is 13.3 Å². The lowest BCUT2D eigenvalue weighted by atomic mass is 10.1. The Balaban J connectivity index is 2.10. The van der Waals surface area contributed by atoms with E-state index >= 15 is 0 Å². The second kappa shape index (κ2) is 6.70. The molecule has 104 valence electrons. The van der Waals surface area contributed by atoms with Gasteiger partial charge in [-0.1, -0.05) is 43.3 Å². The van der Waals surface area contributed by atoms with Crippen LogP contribution in [0.2, 0.25) is 0 Å². The topological polar surface area (TPSA) is 44.1 Å². The van der Waals surface area contributed by atoms with Crippen LogP contribution in [0.4, 0.5) is 0 Å². The summed E-state index contributed by atoms with van der Waals surface area (Å²) in [6.07, 6.45) is 6.30. The van der Waals surface area contributed by atoms with Crippen LogP contribution in [0, 0.1) is 0 Å². The van der Waals surface area contributed by atoms with Gasteiger partial charge >= 0.3 is 5.97 Å². The van der Waals surface area contributed by atoms with E-state index in [2.05, 4.69) is 5.10 Å². The lowest BCUT2D eigenvalue weighted by molar-refractivity contribution is -0.136. The smallest absolute Gasteiger partial charge is 0.333 e. The summed E-state index contributed by atoms with van der Waals surface area (Å²) in [5, 5.41) is 4.30. The fourth-order valence-electron chi connectivity index (χ4n) is 1.95. The van der Waals surface area contributed by atoms with E-state index in [1.807, 2.05) is 55.7 Å². The van der Waals surface area contributed by atoms with Crippen molar-refractivity contribution in [1.29, 1.82) is 0 Å². The van der Waals surface area contributed by atoms with Crippen molar-refractivity contribution in [3.8, 4) is 11.1 Å². The van der Waals surface area contributed by atoms with Gasteiger partial charge in [0.1, 0.15) is 0 Å². The van der Waals surface area contributed by atoms with Crippen LogP contribution in [0.5, 0.6) is 0 Å². The Labute approximate surface area is 118 Å². The minimum atomic E-state index is -0.275. The Morgan fingerprint density at radius 3 is 2.70 bits per heavy atom. The molecule has 4 heteroatoms. The van der Waals surface area contributed by atoms with E-state index in [0.717, 1.165) is 11.1 Å². The molecule has 0 aliphatic rings. The van der Waals surface area contributed by atoms with Crippen LogP contribution in [0.3, 0.4) is 0 Å². The number of allylic oxidation sites excluding steroid dienone is 1. The fraction of sp³-hybridized carbons (Fsp3) is 0.250. The molecule has 4 nitrogen and oxygen atoms in total. The van der Waals surface area contributed by atoms with E-state index in [1.54, 1.807) is 4.68 Å². The van der Waals surface area contributed by atoms with E-state index in [4.69, 9.17) is 4.74 Å². The van der Waals surface area contributed by atoms with E-state index < -0.39 is 0 Å². The molecule has 20 heavy (non-hydrogen) atoms. The molecule has 0 N–H and O–H groups in total. The summed E-state index contributed by atoms with van der Waals surface area (Å²) >= 11 is 0. The lowest BCUT2D eigenvalue weighted by Crippen LogP contribution is -2.06. The summed E-state index contributed by atoms with van der Waals surface area (Å²) in [5.74, 6) is -0.275. The normalized spacial score (nSPS) is 11.4. The van der Waals surface area contributed by atoms with Crippen LogP contribution in [0.25, 0.3) is 11.1 Å². The number of ether oxygens (including phenoxy) is 1. The van der Waals surface area contributed by atoms with Gasteiger partial charge < -0.3 is 4.74 Å². The third-order valence-electron chi connectivity index (χ3n) is 3.09. The first-order chi connectivity index (χ1) is 9.74. The monoisotopic (exact) mass is 270 g/mol. The molecule has 1 aromatic heterocycles. The standard InChI is InChI=1S/C16H18N2O2/c1-3-13(16(19)20-2)9-10-18-12-15(11-17-18)14-7-5-4-6-8-14/h4-9,11-12H,3,10H2,1-2H3. The first kappa shape index (κ1) is 14.1. The molecule has 0 spiro atoms. The molecule has 0 saturated heterocycles. The number of hydrogen-bond donors (Lipinski definition) is 0. The Kier molecular flexibility index (Phi) is 4.71. The van der Waals surface area contributed by atoms with Crippen LogP contribution in [-0.4, -0.2) is 22.9 Å². The molecule has 0 bridgehead atoms. The third-order valence-corrected chi connectivity index (χ3v) is 3.09. The summed E-state index contributed by atoms with van der Waals surface area (Å²) in [6.45, 7) is 2.49. The maximum atomic E-state index is 11.5. The maximum Gasteiger partial charge on any atom is 0.333 e. The lowest BCUT2D eigenvalue weighted by Gasteiger charge is -2.02. The number of hydrogen-bond acceptors (Lipinski definition) is 3. The quantitative estimate of drug-likeness (QED) is 0.619. The molecule has 1 heterocycles. The SMILES string of the molecule is CCC(=CCn1cc(-c2ccccc2)cn1)C(=O)OC. The highest BCUT2D eigenvalue weighted by Crippen LogP contribution is 2.17. The Morgan fingerprint density at radius 1 is 1.30 bits per heavy atom. The molecule has 2 aromatic rings. The Bertz CT molecular complexity index is 600. The minimum absolute atomic E-state index is 0.275. The predicted molar refractivity (Wildman–Crippen MR) is 78.1 cm³/mol. The molecule has 0 saturated carbocycles. The van der Waals surface area contributed by atoms with Crippen LogP contribution >= 0.6 is 0 Å². The summed E-state index contributed by atoms with van der Waals surface area (Å²) in [4.78, 5) is 11.5. The minimum Gasteiger partial charge on any atom is -0.466 e. The highest BCUT2D eigenvalue weighted by Gasteiger charge is 2.06. The molecule has 0 unspecified atom stereocenters. The van der Waals surface area contributed by atoms with Crippen molar-refractivity contribution >= 4 is 5.97 Å². The van der Waals surface area contributed by atoms with E-state index in [0.29, 0.717) is 18.5 Å². The summed E-state index contributed by atoms with van der Waals surface area (Å²) < 4.78 is 6.54. The molecule has 0 aliphatic heterocycles. The second-order valence-electron chi connectivity index (χ2n) is 4.39. The van der Waals surface area contributed by atoms with Gasteiger partial charge in [0.25, 0.3) is 0 Å². The van der Waals surface area contributed by atoms with Gasteiger partial charge in [0.2, 0.25) is 0 Å². The van der Waals surface area contributed by atoms with Gasteiger partial charge in [-0.25, -0.2) is 4.79 Å². The number of methoxy groups -OCH3 is 1. The van der Waals surface area contributed by atoms with Crippen LogP contribution in [-0.2, 0) is 16.1 Å². The molecule has 0 atom stereocenters. The zero-order valence-electron chi connectivity index (χ0n) is 11.7. The molecular formula is C16H18N2O2. The van der Waals surface area contributed by atoms with Gasteiger partial charge in [0.05, 0.1) is 19.9 Å². The van der Waals surface area contributed by atoms with Crippen LogP contribution < -0.4 is 0 Å². The Morgan fingerprint density at radius 2 is 2.05 bits per heavy atom. The molecule has 2 rings (SSSR count). The molecular weight excluding hydrogens is 252 g/mol. The largest absolute Gasteiger partial charge is 0.466 e. The van der Waals surface area contributed by atoms with Gasteiger partial charge in [-0.2, -0.15) is 5.10 Å². The summed E-state index contributed by atoms with van der Waals surface area (Å²) in [6, 6.07) is 10.1. The summed E-state index contributed by atoms with van der Waals surface area (Å²) in [7, 11) is 1.40. The number of aromatic nitrogens is 2. The van der Waals surface area contributed by atoms with Crippen molar-refractivity contribution in [3.63, 3.8) is 0 Å². The zero-order chi connectivity index (χ0) is 14.4. The van der Waals surface area contributed by atoms with Gasteiger partial charge in [-0.3, -0.25) is 4.68 Å². The second-order valence-corrected chi connectivity index (χ2v) is 4.39. The number of carbonyl (C=O) groups excluding carboxylic acids is 1. The number of nitrogens with zero attached hydrogens (tertiary/aromatic N) is 2. The highest BCUT2D eigenvalue weighted by molar-refractivity contribution is 5.88. The zero-order valence-corrected chi connectivity index (χ0v) is 11.7. The number of benzene rings is 1. The van der Waals surface area contributed by atoms with Crippen molar-refractivity contribution in [2.24, 2.45) is 0 Å². The predicted octanol–water partition coefficient (Wildman–Crippen LogP) is 3.06. The average molecular weight is 270 g/mol. The molecule has 0 fully saturated rings. The summed E-state index contributed by atoms with van der Waals surface area (Å²) in [5.41, 5.74) is 2.87. The molecule has 0 radical (unpaired) electrons. The number of carbonyl (C=O) groups is 1. The van der Waals surface area contributed by atoms with Crippen molar-refractivity contribution in [1.82, 2.24) is 9.78 Å². The van der Waals surface area contributed by atoms with Gasteiger partial charge in [0, 0.05) is 17.3 Å². The fourth-order valence-corrected chi connectivity index (χ4v) is 1.95. The Hall–Kier alpha value is -2.36. The third kappa shape index (κ3) is 3.35. The molecule has 1 aromatic carbocycles. The maximum absolute atomic E-state index is 11.5. The highest BCUT2D eigenvalue weighted by atomic mass is 16.5. The first-order valence-corrected chi connectivity index (χ1v) is 6.59. The van der Waals surface area contributed by atoms with Crippen molar-refractivity contribution in [2.45, 2.75) is 19.9 Å². The first-order valence-electron chi connectivity index (χ1n) is 6.59. The average Bonchev–Trinajstić information content (AvgIpc) is 2.97. The number of rotatable bonds is 5. The van der Waals surface area contributed by atoms with Gasteiger partial charge in [-0.05, 0) is 12.0 Å². The van der Waals surface area contributed by atoms with Gasteiger partial charge in [-0.15, -0.1) is 0 Å². The van der Waals surface area contributed by atoms with Crippen molar-refractivity contribution < 1.29 is 9.53 Å². The van der Waals surface area contributed by atoms with E-state index in [1.165, 1.54) is 7.11 Å².